The highest BCUT2D eigenvalue weighted by Gasteiger charge is 2.26. The number of benzene rings is 2. The van der Waals surface area contributed by atoms with E-state index in [1.165, 1.54) is 6.92 Å². The van der Waals surface area contributed by atoms with Crippen LogP contribution >= 0.6 is 22.9 Å². The number of carbonyl (C=O) groups is 5. The van der Waals surface area contributed by atoms with Crippen LogP contribution in [-0.4, -0.2) is 42.7 Å². The summed E-state index contributed by atoms with van der Waals surface area (Å²) in [6.07, 6.45) is -0.256. The number of thiophene rings is 1. The van der Waals surface area contributed by atoms with E-state index >= 15 is 0 Å². The third-order valence-corrected chi connectivity index (χ3v) is 7.20. The highest BCUT2D eigenvalue weighted by Crippen LogP contribution is 2.34. The fraction of sp³-hybridized carbons (Fsp3) is 0.250. The molecule has 0 fully saturated rings. The number of rotatable bonds is 11. The number of nitrogens with one attached hydrogen (secondary N) is 2. The molecule has 0 saturated carbocycles. The summed E-state index contributed by atoms with van der Waals surface area (Å²) < 4.78 is 10.2. The Morgan fingerprint density at radius 3 is 2.28 bits per heavy atom. The van der Waals surface area contributed by atoms with Crippen molar-refractivity contribution in [3.05, 3.63) is 86.8 Å². The van der Waals surface area contributed by atoms with E-state index in [0.717, 1.165) is 11.3 Å². The van der Waals surface area contributed by atoms with Gasteiger partial charge in [0, 0.05) is 0 Å². The van der Waals surface area contributed by atoms with E-state index < -0.39 is 36.4 Å². The molecule has 1 heterocycles. The lowest BCUT2D eigenvalue weighted by Crippen LogP contribution is -2.31. The van der Waals surface area contributed by atoms with Gasteiger partial charge >= 0.3 is 11.9 Å². The van der Waals surface area contributed by atoms with Gasteiger partial charge in [-0.25, -0.2) is 4.79 Å². The van der Waals surface area contributed by atoms with Gasteiger partial charge in [-0.1, -0.05) is 54.1 Å². The number of hydrogen-bond donors (Lipinski definition) is 2. The van der Waals surface area contributed by atoms with Crippen LogP contribution in [0.25, 0.3) is 0 Å². The molecule has 0 bridgehead atoms. The Balaban J connectivity index is 1.68. The van der Waals surface area contributed by atoms with Gasteiger partial charge in [0.25, 0.3) is 11.8 Å². The Bertz CT molecular complexity index is 1390. The van der Waals surface area contributed by atoms with Crippen molar-refractivity contribution < 1.29 is 33.4 Å². The van der Waals surface area contributed by atoms with Crippen LogP contribution in [0, 0.1) is 6.92 Å². The Labute approximate surface area is 234 Å². The third kappa shape index (κ3) is 7.75. The quantitative estimate of drug-likeness (QED) is 0.241. The van der Waals surface area contributed by atoms with E-state index in [4.69, 9.17) is 21.1 Å². The molecule has 1 atom stereocenters. The molecule has 204 valence electrons. The van der Waals surface area contributed by atoms with Gasteiger partial charge in [-0.3, -0.25) is 19.2 Å². The lowest BCUT2D eigenvalue weighted by Gasteiger charge is -2.19. The Kier molecular flexibility index (Phi) is 10.4. The minimum Gasteiger partial charge on any atom is -0.462 e. The molecule has 1 aromatic heterocycles. The zero-order valence-electron chi connectivity index (χ0n) is 21.5. The zero-order chi connectivity index (χ0) is 28.5. The molecule has 3 rings (SSSR count). The smallest absolute Gasteiger partial charge is 0.341 e. The molecule has 3 aromatic rings. The fourth-order valence-corrected chi connectivity index (χ4v) is 5.07. The van der Waals surface area contributed by atoms with Crippen LogP contribution in [-0.2, 0) is 19.1 Å². The van der Waals surface area contributed by atoms with Crippen molar-refractivity contribution in [1.82, 2.24) is 5.32 Å². The number of hydrogen-bond acceptors (Lipinski definition) is 8. The molecule has 0 spiro atoms. The molecule has 0 saturated heterocycles. The minimum atomic E-state index is -0.751. The maximum Gasteiger partial charge on any atom is 0.341 e. The van der Waals surface area contributed by atoms with Gasteiger partial charge in [-0.05, 0) is 44.0 Å². The molecular weight excluding hydrogens is 544 g/mol. The predicted octanol–water partition coefficient (Wildman–Crippen LogP) is 5.13. The normalized spacial score (nSPS) is 11.3. The first-order chi connectivity index (χ1) is 18.6. The zero-order valence-corrected chi connectivity index (χ0v) is 23.1. The Hall–Kier alpha value is -4.02. The number of carbonyl (C=O) groups excluding carboxylic acids is 5. The van der Waals surface area contributed by atoms with Gasteiger partial charge in [-0.15, -0.1) is 11.3 Å². The van der Waals surface area contributed by atoms with Crippen LogP contribution < -0.4 is 10.6 Å². The van der Waals surface area contributed by atoms with Crippen LogP contribution in [0.5, 0.6) is 0 Å². The summed E-state index contributed by atoms with van der Waals surface area (Å²) >= 11 is 7.08. The van der Waals surface area contributed by atoms with Gasteiger partial charge in [-0.2, -0.15) is 0 Å². The molecule has 11 heteroatoms. The topological polar surface area (TPSA) is 128 Å². The number of Topliss-reactive ketones (excluding diaryl/α,β-unsaturated/α-hetero) is 1. The first-order valence-corrected chi connectivity index (χ1v) is 13.2. The van der Waals surface area contributed by atoms with E-state index in [0.29, 0.717) is 16.0 Å². The fourth-order valence-electron chi connectivity index (χ4n) is 3.74. The number of ether oxygens (including phenoxy) is 2. The molecule has 0 radical (unpaired) electrons. The average molecular weight is 571 g/mol. The van der Waals surface area contributed by atoms with Crippen molar-refractivity contribution in [3.63, 3.8) is 0 Å². The molecule has 0 unspecified atom stereocenters. The SMILES string of the molecule is CCOC(=O)c1c(NC(=O)COC(=O)C[C@@H](NC(=O)c2ccccc2Cl)c2ccccc2)sc(C(C)=O)c1C. The second-order valence-electron chi connectivity index (χ2n) is 8.37. The molecule has 39 heavy (non-hydrogen) atoms. The number of halogens is 1. The van der Waals surface area contributed by atoms with Crippen molar-refractivity contribution in [1.29, 1.82) is 0 Å². The van der Waals surface area contributed by atoms with E-state index in [9.17, 15) is 24.0 Å². The molecule has 0 aliphatic heterocycles. The third-order valence-electron chi connectivity index (χ3n) is 5.56. The van der Waals surface area contributed by atoms with Gasteiger partial charge in [0.05, 0.1) is 40.1 Å². The molecular formula is C28H27ClN2O7S. The lowest BCUT2D eigenvalue weighted by molar-refractivity contribution is -0.147. The average Bonchev–Trinajstić information content (AvgIpc) is 3.23. The van der Waals surface area contributed by atoms with Crippen molar-refractivity contribution in [2.45, 2.75) is 33.2 Å². The van der Waals surface area contributed by atoms with Gasteiger partial charge in [0.1, 0.15) is 5.00 Å². The summed E-state index contributed by atoms with van der Waals surface area (Å²) in [5, 5.41) is 5.72. The van der Waals surface area contributed by atoms with E-state index in [-0.39, 0.29) is 40.0 Å². The second kappa shape index (κ2) is 13.7. The maximum atomic E-state index is 12.8. The summed E-state index contributed by atoms with van der Waals surface area (Å²) in [4.78, 5) is 62.8. The summed E-state index contributed by atoms with van der Waals surface area (Å²) in [6, 6.07) is 14.6. The van der Waals surface area contributed by atoms with Gasteiger partial charge < -0.3 is 20.1 Å². The van der Waals surface area contributed by atoms with Crippen molar-refractivity contribution >= 4 is 57.5 Å². The summed E-state index contributed by atoms with van der Waals surface area (Å²) in [5.74, 6) is -2.86. The maximum absolute atomic E-state index is 12.8. The van der Waals surface area contributed by atoms with Gasteiger partial charge in [0.15, 0.2) is 12.4 Å². The first kappa shape index (κ1) is 29.5. The van der Waals surface area contributed by atoms with E-state index in [2.05, 4.69) is 10.6 Å². The predicted molar refractivity (Wildman–Crippen MR) is 147 cm³/mol. The largest absolute Gasteiger partial charge is 0.462 e. The number of ketones is 1. The minimum absolute atomic E-state index is 0.0816. The molecule has 0 aliphatic carbocycles. The lowest BCUT2D eigenvalue weighted by atomic mass is 10.0. The van der Waals surface area contributed by atoms with Crippen molar-refractivity contribution in [2.24, 2.45) is 0 Å². The van der Waals surface area contributed by atoms with Crippen molar-refractivity contribution in [3.8, 4) is 0 Å². The second-order valence-corrected chi connectivity index (χ2v) is 9.79. The highest BCUT2D eigenvalue weighted by molar-refractivity contribution is 7.18. The van der Waals surface area contributed by atoms with Crippen LogP contribution in [0.15, 0.2) is 54.6 Å². The highest BCUT2D eigenvalue weighted by atomic mass is 35.5. The van der Waals surface area contributed by atoms with Gasteiger partial charge in [0.2, 0.25) is 0 Å². The number of esters is 2. The Morgan fingerprint density at radius 2 is 1.64 bits per heavy atom. The molecule has 2 N–H and O–H groups in total. The van der Waals surface area contributed by atoms with E-state index in [1.807, 2.05) is 0 Å². The standard InChI is InChI=1S/C28H27ClN2O7S/c1-4-37-28(36)24-16(2)25(17(3)32)39-27(24)31-22(33)15-38-23(34)14-21(18-10-6-5-7-11-18)30-26(35)19-12-8-9-13-20(19)29/h5-13,21H,4,14-15H2,1-3H3,(H,30,35)(H,31,33)/t21-/m1/s1. The molecule has 0 aliphatic rings. The monoisotopic (exact) mass is 570 g/mol. The molecule has 2 amide bonds. The summed E-state index contributed by atoms with van der Waals surface area (Å²) in [6.45, 7) is 4.06. The number of anilines is 1. The Morgan fingerprint density at radius 1 is 0.974 bits per heavy atom. The summed E-state index contributed by atoms with van der Waals surface area (Å²) in [7, 11) is 0. The van der Waals surface area contributed by atoms with Crippen LogP contribution in [0.2, 0.25) is 5.02 Å². The van der Waals surface area contributed by atoms with E-state index in [1.54, 1.807) is 68.4 Å². The summed E-state index contributed by atoms with van der Waals surface area (Å²) in [5.41, 5.74) is 1.39. The number of amides is 2. The molecule has 9 nitrogen and oxygen atoms in total. The van der Waals surface area contributed by atoms with Crippen LogP contribution in [0.1, 0.15) is 67.8 Å². The molecule has 2 aromatic carbocycles. The van der Waals surface area contributed by atoms with Crippen LogP contribution in [0.4, 0.5) is 5.00 Å². The first-order valence-electron chi connectivity index (χ1n) is 12.0. The van der Waals surface area contributed by atoms with Crippen molar-refractivity contribution in [2.75, 3.05) is 18.5 Å². The van der Waals surface area contributed by atoms with Crippen LogP contribution in [0.3, 0.4) is 0 Å².